The number of hydrogen-bond donors (Lipinski definition) is 6. The smallest absolute Gasteiger partial charge is 0.320 e. The van der Waals surface area contributed by atoms with Crippen LogP contribution in [0.1, 0.15) is 5.69 Å². The van der Waals surface area contributed by atoms with Gasteiger partial charge in [-0.2, -0.15) is 0 Å². The predicted octanol–water partition coefficient (Wildman–Crippen LogP) is -2.09. The first-order chi connectivity index (χ1) is 11.1. The van der Waals surface area contributed by atoms with Crippen molar-refractivity contribution in [3.63, 3.8) is 0 Å². The largest absolute Gasteiger partial charge is 0.480 e. The minimum atomic E-state index is -1.26. The van der Waals surface area contributed by atoms with Crippen LogP contribution in [-0.4, -0.2) is 84.8 Å². The lowest BCUT2D eigenvalue weighted by Crippen LogP contribution is -2.38. The van der Waals surface area contributed by atoms with Crippen molar-refractivity contribution in [2.75, 3.05) is 19.6 Å². The lowest BCUT2D eigenvalue weighted by Gasteiger charge is -2.14. The van der Waals surface area contributed by atoms with Gasteiger partial charge in [0.25, 0.3) is 0 Å². The fourth-order valence-corrected chi connectivity index (χ4v) is 1.46. The molecule has 1 atom stereocenters. The topological polar surface area (TPSA) is 207 Å². The van der Waals surface area contributed by atoms with Crippen LogP contribution in [-0.2, 0) is 25.6 Å². The van der Waals surface area contributed by atoms with E-state index in [0.717, 1.165) is 10.6 Å². The lowest BCUT2D eigenvalue weighted by molar-refractivity contribution is -0.145. The van der Waals surface area contributed by atoms with Gasteiger partial charge in [0.15, 0.2) is 0 Å². The molecule has 1 unspecified atom stereocenters. The van der Waals surface area contributed by atoms with Crippen molar-refractivity contribution in [1.82, 2.24) is 14.9 Å². The molecule has 0 aliphatic rings. The van der Waals surface area contributed by atoms with Gasteiger partial charge in [-0.05, 0) is 0 Å². The van der Waals surface area contributed by atoms with Crippen LogP contribution in [0.2, 0.25) is 0 Å². The Morgan fingerprint density at radius 1 is 1.04 bits per heavy atom. The molecule has 1 heterocycles. The molecular formula is C12H18N4O8. The number of carboxylic acid groups (broad SMARTS) is 4. The van der Waals surface area contributed by atoms with E-state index < -0.39 is 49.6 Å². The predicted molar refractivity (Wildman–Crippen MR) is 77.3 cm³/mol. The number of carbonyl (C=O) groups is 4. The molecule has 0 radical (unpaired) electrons. The van der Waals surface area contributed by atoms with Crippen LogP contribution >= 0.6 is 0 Å². The highest BCUT2D eigenvalue weighted by Crippen LogP contribution is 1.95. The number of hydrogen-bond acceptors (Lipinski definition) is 7. The standard InChI is InChI=1S/C6H9N3O2.C6H9NO6/c7-5(6(10)11)1-4-2-8-3-9-4;8-4(9)1-7(2-5(10)11)3-6(12)13/h2-3,5H,1,7H2,(H,8,9)(H,10,11);1-3H2,(H,8,9)(H,10,11)(H,12,13). The first kappa shape index (κ1) is 21.0. The van der Waals surface area contributed by atoms with Crippen LogP contribution in [0.25, 0.3) is 0 Å². The van der Waals surface area contributed by atoms with Gasteiger partial charge in [0.2, 0.25) is 0 Å². The Labute approximate surface area is 135 Å². The summed E-state index contributed by atoms with van der Waals surface area (Å²) in [6, 6.07) is -0.851. The van der Waals surface area contributed by atoms with Gasteiger partial charge in [-0.1, -0.05) is 0 Å². The fourth-order valence-electron chi connectivity index (χ4n) is 1.46. The number of rotatable bonds is 9. The molecule has 134 valence electrons. The number of H-pyrrole nitrogens is 1. The third-order valence-corrected chi connectivity index (χ3v) is 2.39. The summed E-state index contributed by atoms with van der Waals surface area (Å²) in [6.45, 7) is -1.80. The van der Waals surface area contributed by atoms with Crippen molar-refractivity contribution >= 4 is 23.9 Å². The van der Waals surface area contributed by atoms with Crippen LogP contribution < -0.4 is 5.73 Å². The molecule has 0 saturated heterocycles. The van der Waals surface area contributed by atoms with Crippen LogP contribution in [0.15, 0.2) is 12.5 Å². The van der Waals surface area contributed by atoms with E-state index in [9.17, 15) is 19.2 Å². The Kier molecular flexibility index (Phi) is 9.36. The van der Waals surface area contributed by atoms with Gasteiger partial charge in [-0.15, -0.1) is 0 Å². The third-order valence-electron chi connectivity index (χ3n) is 2.39. The Morgan fingerprint density at radius 3 is 1.79 bits per heavy atom. The third kappa shape index (κ3) is 10.7. The molecule has 24 heavy (non-hydrogen) atoms. The minimum Gasteiger partial charge on any atom is -0.480 e. The Morgan fingerprint density at radius 2 is 1.50 bits per heavy atom. The average molecular weight is 346 g/mol. The molecule has 0 amide bonds. The summed E-state index contributed by atoms with van der Waals surface area (Å²) < 4.78 is 0. The molecule has 12 heteroatoms. The number of aliphatic carboxylic acids is 4. The number of nitrogens with two attached hydrogens (primary N) is 1. The van der Waals surface area contributed by atoms with E-state index in [-0.39, 0.29) is 6.42 Å². The SMILES string of the molecule is NC(Cc1cnc[nH]1)C(=O)O.O=C(O)CN(CC(=O)O)CC(=O)O. The molecule has 0 bridgehead atoms. The maximum absolute atomic E-state index is 10.3. The van der Waals surface area contributed by atoms with Crippen molar-refractivity contribution in [3.05, 3.63) is 18.2 Å². The minimum absolute atomic E-state index is 0.287. The highest BCUT2D eigenvalue weighted by Gasteiger charge is 2.15. The Balaban J connectivity index is 0.000000446. The zero-order valence-electron chi connectivity index (χ0n) is 12.5. The van der Waals surface area contributed by atoms with Crippen molar-refractivity contribution in [1.29, 1.82) is 0 Å². The van der Waals surface area contributed by atoms with Gasteiger partial charge in [0.05, 0.1) is 26.0 Å². The van der Waals surface area contributed by atoms with Crippen LogP contribution in [0, 0.1) is 0 Å². The first-order valence-corrected chi connectivity index (χ1v) is 6.45. The molecule has 0 aliphatic heterocycles. The van der Waals surface area contributed by atoms with Gasteiger partial charge in [0.1, 0.15) is 6.04 Å². The second kappa shape index (κ2) is 10.7. The molecule has 12 nitrogen and oxygen atoms in total. The zero-order chi connectivity index (χ0) is 18.7. The molecule has 0 saturated carbocycles. The van der Waals surface area contributed by atoms with E-state index in [0.29, 0.717) is 0 Å². The first-order valence-electron chi connectivity index (χ1n) is 6.45. The number of aromatic amines is 1. The van der Waals surface area contributed by atoms with Gasteiger partial charge < -0.3 is 31.1 Å². The molecule has 7 N–H and O–H groups in total. The Bertz CT molecular complexity index is 521. The summed E-state index contributed by atoms with van der Waals surface area (Å²) in [5.74, 6) is -4.79. The summed E-state index contributed by atoms with van der Waals surface area (Å²) in [7, 11) is 0. The summed E-state index contributed by atoms with van der Waals surface area (Å²) in [4.78, 5) is 48.0. The molecule has 1 rings (SSSR count). The van der Waals surface area contributed by atoms with E-state index in [1.54, 1.807) is 6.20 Å². The monoisotopic (exact) mass is 346 g/mol. The van der Waals surface area contributed by atoms with Gasteiger partial charge in [-0.3, -0.25) is 24.1 Å². The second-order valence-corrected chi connectivity index (χ2v) is 4.55. The summed E-state index contributed by atoms with van der Waals surface area (Å²) in [5, 5.41) is 33.3. The van der Waals surface area contributed by atoms with E-state index in [1.165, 1.54) is 6.33 Å². The molecule has 0 aliphatic carbocycles. The quantitative estimate of drug-likeness (QED) is 0.285. The molecule has 0 aromatic carbocycles. The second-order valence-electron chi connectivity index (χ2n) is 4.55. The van der Waals surface area contributed by atoms with Gasteiger partial charge in [-0.25, -0.2) is 4.98 Å². The Hall–Kier alpha value is -2.99. The van der Waals surface area contributed by atoms with Crippen molar-refractivity contribution in [3.8, 4) is 0 Å². The van der Waals surface area contributed by atoms with Crippen LogP contribution in [0.3, 0.4) is 0 Å². The van der Waals surface area contributed by atoms with E-state index in [4.69, 9.17) is 26.2 Å². The zero-order valence-corrected chi connectivity index (χ0v) is 12.5. The highest BCUT2D eigenvalue weighted by molar-refractivity contribution is 5.75. The van der Waals surface area contributed by atoms with Crippen molar-refractivity contribution in [2.45, 2.75) is 12.5 Å². The fraction of sp³-hybridized carbons (Fsp3) is 0.417. The average Bonchev–Trinajstić information content (AvgIpc) is 2.89. The number of nitrogens with zero attached hydrogens (tertiary/aromatic N) is 2. The summed E-state index contributed by atoms with van der Waals surface area (Å²) in [5.41, 5.74) is 6.00. The van der Waals surface area contributed by atoms with E-state index >= 15 is 0 Å². The van der Waals surface area contributed by atoms with Gasteiger partial charge in [0, 0.05) is 18.3 Å². The van der Waals surface area contributed by atoms with Crippen LogP contribution in [0.4, 0.5) is 0 Å². The van der Waals surface area contributed by atoms with Gasteiger partial charge >= 0.3 is 23.9 Å². The number of carboxylic acids is 4. The molecule has 0 spiro atoms. The molecular weight excluding hydrogens is 328 g/mol. The van der Waals surface area contributed by atoms with Crippen molar-refractivity contribution in [2.24, 2.45) is 5.73 Å². The van der Waals surface area contributed by atoms with Crippen LogP contribution in [0.5, 0.6) is 0 Å². The molecule has 0 fully saturated rings. The molecule has 1 aromatic rings. The highest BCUT2D eigenvalue weighted by atomic mass is 16.4. The summed E-state index contributed by atoms with van der Waals surface area (Å²) in [6.07, 6.45) is 3.34. The maximum Gasteiger partial charge on any atom is 0.320 e. The number of aromatic nitrogens is 2. The van der Waals surface area contributed by atoms with E-state index in [2.05, 4.69) is 9.97 Å². The van der Waals surface area contributed by atoms with Crippen molar-refractivity contribution < 1.29 is 39.6 Å². The normalized spacial score (nSPS) is 11.2. The summed E-state index contributed by atoms with van der Waals surface area (Å²) >= 11 is 0. The van der Waals surface area contributed by atoms with E-state index in [1.807, 2.05) is 0 Å². The lowest BCUT2D eigenvalue weighted by atomic mass is 10.2. The maximum atomic E-state index is 10.3. The number of imidazole rings is 1. The number of nitrogens with one attached hydrogen (secondary N) is 1. The molecule has 1 aromatic heterocycles.